The molecule has 144 valence electrons. The SMILES string of the molecule is Cc1ccccc1CC(=O)NCCN1C(=O)SC(=Cc2ccc(Cl)cc2)C1=O. The van der Waals surface area contributed by atoms with Crippen LogP contribution in [0.5, 0.6) is 0 Å². The Bertz CT molecular complexity index is 941. The maximum absolute atomic E-state index is 12.5. The van der Waals surface area contributed by atoms with Gasteiger partial charge in [-0.1, -0.05) is 48.0 Å². The van der Waals surface area contributed by atoms with Crippen LogP contribution >= 0.6 is 23.4 Å². The fraction of sp³-hybridized carbons (Fsp3) is 0.190. The molecule has 1 aliphatic heterocycles. The summed E-state index contributed by atoms with van der Waals surface area (Å²) in [4.78, 5) is 38.2. The van der Waals surface area contributed by atoms with Crippen LogP contribution in [0.3, 0.4) is 0 Å². The van der Waals surface area contributed by atoms with Crippen molar-refractivity contribution in [2.75, 3.05) is 13.1 Å². The van der Waals surface area contributed by atoms with Crippen LogP contribution in [-0.2, 0) is 16.0 Å². The fourth-order valence-corrected chi connectivity index (χ4v) is 3.75. The first kappa shape index (κ1) is 20.2. The topological polar surface area (TPSA) is 66.5 Å². The maximum atomic E-state index is 12.5. The molecule has 0 saturated carbocycles. The van der Waals surface area contributed by atoms with E-state index in [0.717, 1.165) is 33.4 Å². The molecule has 0 atom stereocenters. The van der Waals surface area contributed by atoms with Crippen LogP contribution in [0.25, 0.3) is 6.08 Å². The third-order valence-corrected chi connectivity index (χ3v) is 5.47. The predicted molar refractivity (Wildman–Crippen MR) is 112 cm³/mol. The molecule has 1 aliphatic rings. The molecule has 0 spiro atoms. The average Bonchev–Trinajstić information content (AvgIpc) is 2.93. The van der Waals surface area contributed by atoms with Gasteiger partial charge in [-0.2, -0.15) is 0 Å². The summed E-state index contributed by atoms with van der Waals surface area (Å²) in [6.07, 6.45) is 1.93. The molecule has 1 saturated heterocycles. The maximum Gasteiger partial charge on any atom is 0.293 e. The molecule has 2 aromatic carbocycles. The summed E-state index contributed by atoms with van der Waals surface area (Å²) in [6, 6.07) is 14.7. The standard InChI is InChI=1S/C21H19ClN2O3S/c1-14-4-2-3-5-16(14)13-19(25)23-10-11-24-20(26)18(28-21(24)27)12-15-6-8-17(22)9-7-15/h2-9,12H,10-11,13H2,1H3,(H,23,25). The van der Waals surface area contributed by atoms with E-state index in [0.29, 0.717) is 9.93 Å². The number of carbonyl (C=O) groups is 3. The largest absolute Gasteiger partial charge is 0.354 e. The van der Waals surface area contributed by atoms with Gasteiger partial charge < -0.3 is 5.32 Å². The highest BCUT2D eigenvalue weighted by Crippen LogP contribution is 2.32. The summed E-state index contributed by atoms with van der Waals surface area (Å²) >= 11 is 6.75. The number of hydrogen-bond acceptors (Lipinski definition) is 4. The first-order valence-electron chi connectivity index (χ1n) is 8.76. The van der Waals surface area contributed by atoms with E-state index in [-0.39, 0.29) is 36.6 Å². The Morgan fingerprint density at radius 1 is 1.14 bits per heavy atom. The fourth-order valence-electron chi connectivity index (χ4n) is 2.75. The van der Waals surface area contributed by atoms with Gasteiger partial charge >= 0.3 is 0 Å². The van der Waals surface area contributed by atoms with Crippen LogP contribution in [0.15, 0.2) is 53.4 Å². The van der Waals surface area contributed by atoms with Crippen LogP contribution in [0.1, 0.15) is 16.7 Å². The van der Waals surface area contributed by atoms with Gasteiger partial charge in [0.1, 0.15) is 0 Å². The highest BCUT2D eigenvalue weighted by Gasteiger charge is 2.34. The minimum atomic E-state index is -0.349. The lowest BCUT2D eigenvalue weighted by atomic mass is 10.1. The zero-order valence-corrected chi connectivity index (χ0v) is 16.8. The summed E-state index contributed by atoms with van der Waals surface area (Å²) in [5.41, 5.74) is 2.80. The number of halogens is 1. The summed E-state index contributed by atoms with van der Waals surface area (Å²) in [6.45, 7) is 2.31. The number of hydrogen-bond donors (Lipinski definition) is 1. The quantitative estimate of drug-likeness (QED) is 0.724. The van der Waals surface area contributed by atoms with E-state index in [1.165, 1.54) is 0 Å². The summed E-state index contributed by atoms with van der Waals surface area (Å²) in [7, 11) is 0. The predicted octanol–water partition coefficient (Wildman–Crippen LogP) is 4.04. The molecule has 7 heteroatoms. The Balaban J connectivity index is 1.54. The molecule has 2 aromatic rings. The second-order valence-electron chi connectivity index (χ2n) is 6.34. The first-order valence-corrected chi connectivity index (χ1v) is 9.95. The molecule has 1 N–H and O–H groups in total. The van der Waals surface area contributed by atoms with Crippen LogP contribution in [-0.4, -0.2) is 35.0 Å². The van der Waals surface area contributed by atoms with Gasteiger partial charge in [-0.3, -0.25) is 19.3 Å². The number of nitrogens with zero attached hydrogens (tertiary/aromatic N) is 1. The van der Waals surface area contributed by atoms with Crippen molar-refractivity contribution >= 4 is 46.5 Å². The summed E-state index contributed by atoms with van der Waals surface area (Å²) in [5.74, 6) is -0.490. The molecule has 0 bridgehead atoms. The molecule has 0 unspecified atom stereocenters. The Morgan fingerprint density at radius 3 is 2.57 bits per heavy atom. The Morgan fingerprint density at radius 2 is 1.86 bits per heavy atom. The smallest absolute Gasteiger partial charge is 0.293 e. The Labute approximate surface area is 172 Å². The highest BCUT2D eigenvalue weighted by molar-refractivity contribution is 8.18. The van der Waals surface area contributed by atoms with Gasteiger partial charge in [-0.15, -0.1) is 0 Å². The van der Waals surface area contributed by atoms with Gasteiger partial charge in [0.15, 0.2) is 0 Å². The van der Waals surface area contributed by atoms with E-state index in [4.69, 9.17) is 11.6 Å². The Hall–Kier alpha value is -2.57. The van der Waals surface area contributed by atoms with Gasteiger partial charge in [-0.25, -0.2) is 0 Å². The molecule has 3 rings (SSSR count). The third-order valence-electron chi connectivity index (χ3n) is 4.31. The van der Waals surface area contributed by atoms with Crippen LogP contribution < -0.4 is 5.32 Å². The van der Waals surface area contributed by atoms with E-state index in [1.807, 2.05) is 31.2 Å². The number of thioether (sulfide) groups is 1. The summed E-state index contributed by atoms with van der Waals surface area (Å²) in [5, 5.41) is 3.04. The molecule has 1 heterocycles. The lowest BCUT2D eigenvalue weighted by molar-refractivity contribution is -0.124. The van der Waals surface area contributed by atoms with Crippen LogP contribution in [0.2, 0.25) is 5.02 Å². The average molecular weight is 415 g/mol. The van der Waals surface area contributed by atoms with Crippen molar-refractivity contribution in [3.63, 3.8) is 0 Å². The minimum Gasteiger partial charge on any atom is -0.354 e. The highest BCUT2D eigenvalue weighted by atomic mass is 35.5. The Kier molecular flexibility index (Phi) is 6.54. The van der Waals surface area contributed by atoms with E-state index in [9.17, 15) is 14.4 Å². The number of amides is 3. The van der Waals surface area contributed by atoms with E-state index < -0.39 is 0 Å². The van der Waals surface area contributed by atoms with Gasteiger partial charge in [0.25, 0.3) is 11.1 Å². The van der Waals surface area contributed by atoms with Gasteiger partial charge in [0, 0.05) is 18.1 Å². The van der Waals surface area contributed by atoms with Crippen molar-refractivity contribution < 1.29 is 14.4 Å². The van der Waals surface area contributed by atoms with Crippen molar-refractivity contribution in [3.05, 3.63) is 75.1 Å². The molecule has 28 heavy (non-hydrogen) atoms. The minimum absolute atomic E-state index is 0.141. The monoisotopic (exact) mass is 414 g/mol. The normalized spacial score (nSPS) is 15.4. The summed E-state index contributed by atoms with van der Waals surface area (Å²) < 4.78 is 0. The second-order valence-corrected chi connectivity index (χ2v) is 7.77. The first-order chi connectivity index (χ1) is 13.4. The third kappa shape index (κ3) is 5.03. The van der Waals surface area contributed by atoms with Gasteiger partial charge in [0.2, 0.25) is 5.91 Å². The van der Waals surface area contributed by atoms with Gasteiger partial charge in [0.05, 0.1) is 11.3 Å². The molecule has 5 nitrogen and oxygen atoms in total. The number of carbonyl (C=O) groups excluding carboxylic acids is 3. The van der Waals surface area contributed by atoms with Crippen molar-refractivity contribution in [1.82, 2.24) is 10.2 Å². The number of aryl methyl sites for hydroxylation is 1. The molecule has 0 radical (unpaired) electrons. The van der Waals surface area contributed by atoms with Crippen LogP contribution in [0.4, 0.5) is 4.79 Å². The van der Waals surface area contributed by atoms with E-state index in [2.05, 4.69) is 5.32 Å². The lowest BCUT2D eigenvalue weighted by Gasteiger charge is -2.13. The molecular weight excluding hydrogens is 396 g/mol. The molecule has 3 amide bonds. The van der Waals surface area contributed by atoms with Crippen molar-refractivity contribution in [2.24, 2.45) is 0 Å². The number of imide groups is 1. The van der Waals surface area contributed by atoms with Gasteiger partial charge in [-0.05, 0) is 53.6 Å². The number of rotatable bonds is 6. The zero-order chi connectivity index (χ0) is 20.1. The van der Waals surface area contributed by atoms with E-state index in [1.54, 1.807) is 30.3 Å². The zero-order valence-electron chi connectivity index (χ0n) is 15.3. The second kappa shape index (κ2) is 9.08. The van der Waals surface area contributed by atoms with Crippen molar-refractivity contribution in [1.29, 1.82) is 0 Å². The molecular formula is C21H19ClN2O3S. The van der Waals surface area contributed by atoms with Crippen LogP contribution in [0, 0.1) is 6.92 Å². The number of benzene rings is 2. The van der Waals surface area contributed by atoms with Crippen molar-refractivity contribution in [2.45, 2.75) is 13.3 Å². The molecule has 1 fully saturated rings. The van der Waals surface area contributed by atoms with Crippen molar-refractivity contribution in [3.8, 4) is 0 Å². The lowest BCUT2D eigenvalue weighted by Crippen LogP contribution is -2.37. The van der Waals surface area contributed by atoms with E-state index >= 15 is 0 Å². The number of nitrogens with one attached hydrogen (secondary N) is 1. The molecule has 0 aromatic heterocycles. The molecule has 0 aliphatic carbocycles.